The van der Waals surface area contributed by atoms with Crippen molar-refractivity contribution in [3.8, 4) is 5.75 Å². The maximum atomic E-state index is 11.6. The quantitative estimate of drug-likeness (QED) is 0.246. The first-order valence-corrected chi connectivity index (χ1v) is 10.3. The third-order valence-corrected chi connectivity index (χ3v) is 5.41. The topological polar surface area (TPSA) is 101 Å². The summed E-state index contributed by atoms with van der Waals surface area (Å²) >= 11 is 9.37. The maximum Gasteiger partial charge on any atom is 0.303 e. The summed E-state index contributed by atoms with van der Waals surface area (Å²) in [5.41, 5.74) is -0.746. The first kappa shape index (κ1) is 22.0. The predicted octanol–water partition coefficient (Wildman–Crippen LogP) is 2.59. The van der Waals surface area contributed by atoms with Gasteiger partial charge in [0.1, 0.15) is 3.70 Å². The Hall–Kier alpha value is -1.27. The molecule has 0 unspecified atom stereocenters. The van der Waals surface area contributed by atoms with Gasteiger partial charge in [0.2, 0.25) is 0 Å². The molecule has 148 valence electrons. The highest BCUT2D eigenvalue weighted by Gasteiger charge is 2.47. The second-order valence-electron chi connectivity index (χ2n) is 5.54. The molecule has 1 aromatic heterocycles. The Labute approximate surface area is 178 Å². The lowest BCUT2D eigenvalue weighted by Gasteiger charge is -2.39. The lowest BCUT2D eigenvalue weighted by molar-refractivity contribution is -0.186. The van der Waals surface area contributed by atoms with E-state index in [2.05, 4.69) is 4.98 Å². The van der Waals surface area contributed by atoms with Crippen LogP contribution >= 0.6 is 46.0 Å². The van der Waals surface area contributed by atoms with Crippen LogP contribution in [0.3, 0.4) is 0 Å². The van der Waals surface area contributed by atoms with E-state index in [1.807, 2.05) is 22.6 Å². The van der Waals surface area contributed by atoms with Crippen LogP contribution in [0.1, 0.15) is 20.8 Å². The first-order valence-electron chi connectivity index (χ1n) is 7.79. The molecule has 2 heterocycles. The zero-order valence-corrected chi connectivity index (χ0v) is 18.4. The van der Waals surface area contributed by atoms with E-state index in [0.29, 0.717) is 9.45 Å². The van der Waals surface area contributed by atoms with Gasteiger partial charge in [0.05, 0.1) is 0 Å². The molecule has 1 aromatic rings. The van der Waals surface area contributed by atoms with E-state index < -0.39 is 41.7 Å². The Morgan fingerprint density at radius 1 is 1.07 bits per heavy atom. The molecule has 27 heavy (non-hydrogen) atoms. The van der Waals surface area contributed by atoms with Crippen molar-refractivity contribution in [2.24, 2.45) is 0 Å². The fourth-order valence-electron chi connectivity index (χ4n) is 2.42. The second-order valence-corrected chi connectivity index (χ2v) is 8.13. The van der Waals surface area contributed by atoms with Crippen molar-refractivity contribution in [3.05, 3.63) is 21.0 Å². The van der Waals surface area contributed by atoms with E-state index in [1.54, 1.807) is 12.1 Å². The van der Waals surface area contributed by atoms with Crippen LogP contribution in [0.15, 0.2) is 12.1 Å². The number of carbonyl (C=O) groups is 3. The number of hydrogen-bond acceptors (Lipinski definition) is 9. The monoisotopic (exact) mass is 529 g/mol. The normalized spacial score (nSPS) is 24.6. The fourth-order valence-corrected chi connectivity index (χ4v) is 4.39. The van der Waals surface area contributed by atoms with E-state index in [9.17, 15) is 14.4 Å². The van der Waals surface area contributed by atoms with Crippen LogP contribution in [0.2, 0.25) is 5.15 Å². The van der Waals surface area contributed by atoms with Gasteiger partial charge in [-0.1, -0.05) is 11.6 Å². The molecule has 1 fully saturated rings. The molecule has 0 spiro atoms. The van der Waals surface area contributed by atoms with Crippen molar-refractivity contribution in [3.63, 3.8) is 0 Å². The summed E-state index contributed by atoms with van der Waals surface area (Å²) in [6, 6.07) is 3.35. The third kappa shape index (κ3) is 6.39. The SMILES string of the molecule is CC(=O)O[C@@H]1[C@@H](OC(C)=O)[C@H](OC(C)=O)CS[C@H]1Oc1ccc(I)nc1Cl. The van der Waals surface area contributed by atoms with Crippen molar-refractivity contribution < 1.29 is 33.3 Å². The molecule has 0 radical (unpaired) electrons. The summed E-state index contributed by atoms with van der Waals surface area (Å²) in [5, 5.41) is 0.148. The lowest BCUT2D eigenvalue weighted by atomic mass is 10.1. The number of thioether (sulfide) groups is 1. The number of ether oxygens (including phenoxy) is 4. The Bertz CT molecular complexity index is 735. The van der Waals surface area contributed by atoms with Crippen LogP contribution in [0.25, 0.3) is 0 Å². The van der Waals surface area contributed by atoms with E-state index in [0.717, 1.165) is 0 Å². The molecule has 2 rings (SSSR count). The average Bonchev–Trinajstić information content (AvgIpc) is 2.53. The lowest BCUT2D eigenvalue weighted by Crippen LogP contribution is -2.55. The number of halogens is 2. The van der Waals surface area contributed by atoms with Crippen LogP contribution in [0.4, 0.5) is 0 Å². The first-order chi connectivity index (χ1) is 12.7. The molecule has 0 aromatic carbocycles. The number of carbonyl (C=O) groups excluding carboxylic acids is 3. The van der Waals surface area contributed by atoms with Crippen molar-refractivity contribution >= 4 is 63.9 Å². The molecular weight excluding hydrogens is 513 g/mol. The number of esters is 3. The Kier molecular flexibility index (Phi) is 7.98. The van der Waals surface area contributed by atoms with Gasteiger partial charge in [-0.3, -0.25) is 14.4 Å². The van der Waals surface area contributed by atoms with Gasteiger partial charge in [0.15, 0.2) is 34.7 Å². The summed E-state index contributed by atoms with van der Waals surface area (Å²) in [4.78, 5) is 38.6. The smallest absolute Gasteiger partial charge is 0.303 e. The van der Waals surface area contributed by atoms with Crippen LogP contribution in [0.5, 0.6) is 5.75 Å². The third-order valence-electron chi connectivity index (χ3n) is 3.33. The number of pyridine rings is 1. The summed E-state index contributed by atoms with van der Waals surface area (Å²) in [5.74, 6) is -1.17. The van der Waals surface area contributed by atoms with E-state index in [-0.39, 0.29) is 10.9 Å². The molecule has 11 heteroatoms. The van der Waals surface area contributed by atoms with Gasteiger partial charge >= 0.3 is 17.9 Å². The van der Waals surface area contributed by atoms with Gasteiger partial charge in [-0.05, 0) is 34.7 Å². The van der Waals surface area contributed by atoms with Gasteiger partial charge in [-0.25, -0.2) is 4.98 Å². The molecular formula is C16H17ClINO7S. The van der Waals surface area contributed by atoms with Crippen molar-refractivity contribution in [1.29, 1.82) is 0 Å². The van der Waals surface area contributed by atoms with Crippen LogP contribution in [-0.4, -0.2) is 52.4 Å². The van der Waals surface area contributed by atoms with Crippen LogP contribution in [0, 0.1) is 3.70 Å². The molecule has 4 atom stereocenters. The van der Waals surface area contributed by atoms with Gasteiger partial charge < -0.3 is 18.9 Å². The zero-order valence-electron chi connectivity index (χ0n) is 14.6. The Balaban J connectivity index is 2.30. The van der Waals surface area contributed by atoms with Crippen molar-refractivity contribution in [1.82, 2.24) is 4.98 Å². The molecule has 0 bridgehead atoms. The molecule has 8 nitrogen and oxygen atoms in total. The van der Waals surface area contributed by atoms with E-state index >= 15 is 0 Å². The highest BCUT2D eigenvalue weighted by Crippen LogP contribution is 2.35. The van der Waals surface area contributed by atoms with Gasteiger partial charge in [0, 0.05) is 26.5 Å². The Morgan fingerprint density at radius 3 is 2.22 bits per heavy atom. The Morgan fingerprint density at radius 2 is 1.67 bits per heavy atom. The molecule has 0 saturated carbocycles. The van der Waals surface area contributed by atoms with Gasteiger partial charge in [-0.15, -0.1) is 11.8 Å². The maximum absolute atomic E-state index is 11.6. The second kappa shape index (κ2) is 9.78. The van der Waals surface area contributed by atoms with Crippen molar-refractivity contribution in [2.45, 2.75) is 44.5 Å². The van der Waals surface area contributed by atoms with Crippen LogP contribution in [-0.2, 0) is 28.6 Å². The highest BCUT2D eigenvalue weighted by atomic mass is 127. The summed E-state index contributed by atoms with van der Waals surface area (Å²) < 4.78 is 22.4. The molecule has 1 saturated heterocycles. The van der Waals surface area contributed by atoms with E-state index in [1.165, 1.54) is 32.5 Å². The fraction of sp³-hybridized carbons (Fsp3) is 0.500. The zero-order chi connectivity index (χ0) is 20.1. The molecule has 0 N–H and O–H groups in total. The minimum atomic E-state index is -1.02. The highest BCUT2D eigenvalue weighted by molar-refractivity contribution is 14.1. The average molecular weight is 530 g/mol. The minimum absolute atomic E-state index is 0.148. The summed E-state index contributed by atoms with van der Waals surface area (Å²) in [6.07, 6.45) is -2.81. The standard InChI is InChI=1S/C16H17ClINO7S/c1-7(20)23-11-6-27-16(26-10-4-5-12(18)19-15(10)17)14(25-9(3)22)13(11)24-8(2)21/h4-5,11,13-14,16H,6H2,1-3H3/t11-,13+,14-,16-/m1/s1. The molecule has 0 aliphatic carbocycles. The summed E-state index contributed by atoms with van der Waals surface area (Å²) in [6.45, 7) is 3.69. The van der Waals surface area contributed by atoms with Crippen molar-refractivity contribution in [2.75, 3.05) is 5.75 Å². The summed E-state index contributed by atoms with van der Waals surface area (Å²) in [7, 11) is 0. The number of rotatable bonds is 5. The predicted molar refractivity (Wildman–Crippen MR) is 106 cm³/mol. The molecule has 0 amide bonds. The number of aromatic nitrogens is 1. The number of hydrogen-bond donors (Lipinski definition) is 0. The van der Waals surface area contributed by atoms with Crippen LogP contribution < -0.4 is 4.74 Å². The minimum Gasteiger partial charge on any atom is -0.472 e. The van der Waals surface area contributed by atoms with E-state index in [4.69, 9.17) is 30.5 Å². The van der Waals surface area contributed by atoms with Gasteiger partial charge in [-0.2, -0.15) is 0 Å². The largest absolute Gasteiger partial charge is 0.472 e. The van der Waals surface area contributed by atoms with Gasteiger partial charge in [0.25, 0.3) is 0 Å². The number of nitrogens with zero attached hydrogens (tertiary/aromatic N) is 1. The molecule has 1 aliphatic rings. The molecule has 1 aliphatic heterocycles.